The fraction of sp³-hybridized carbons (Fsp3) is 0.939. The maximum Gasteiger partial charge on any atom is 0.305 e. The molecular formula is C66H129NO5. The largest absolute Gasteiger partial charge is 0.466 e. The molecule has 0 rings (SSSR count). The van der Waals surface area contributed by atoms with Crippen molar-refractivity contribution < 1.29 is 24.5 Å². The lowest BCUT2D eigenvalue weighted by Crippen LogP contribution is -2.45. The first-order chi connectivity index (χ1) is 35.5. The number of rotatable bonds is 62. The van der Waals surface area contributed by atoms with Crippen LogP contribution in [0.3, 0.4) is 0 Å². The van der Waals surface area contributed by atoms with Crippen LogP contribution in [0.2, 0.25) is 0 Å². The first kappa shape index (κ1) is 70.6. The van der Waals surface area contributed by atoms with E-state index in [2.05, 4.69) is 31.3 Å². The molecule has 2 atom stereocenters. The maximum absolute atomic E-state index is 12.5. The molecule has 72 heavy (non-hydrogen) atoms. The number of carbonyl (C=O) groups excluding carboxylic acids is 2. The van der Waals surface area contributed by atoms with E-state index in [0.717, 1.165) is 44.9 Å². The van der Waals surface area contributed by atoms with E-state index in [0.29, 0.717) is 25.9 Å². The van der Waals surface area contributed by atoms with E-state index in [4.69, 9.17) is 4.74 Å². The summed E-state index contributed by atoms with van der Waals surface area (Å²) in [6.45, 7) is 4.97. The second-order valence-electron chi connectivity index (χ2n) is 22.8. The summed E-state index contributed by atoms with van der Waals surface area (Å²) in [6.07, 6.45) is 75.2. The molecule has 3 N–H and O–H groups in total. The van der Waals surface area contributed by atoms with E-state index >= 15 is 0 Å². The monoisotopic (exact) mass is 1020 g/mol. The van der Waals surface area contributed by atoms with Crippen LogP contribution < -0.4 is 5.32 Å². The molecule has 6 heteroatoms. The van der Waals surface area contributed by atoms with E-state index in [1.807, 2.05) is 0 Å². The summed E-state index contributed by atoms with van der Waals surface area (Å²) in [5, 5.41) is 23.4. The fourth-order valence-corrected chi connectivity index (χ4v) is 10.5. The van der Waals surface area contributed by atoms with Gasteiger partial charge in [-0.15, -0.1) is 0 Å². The Morgan fingerprint density at radius 1 is 0.375 bits per heavy atom. The predicted molar refractivity (Wildman–Crippen MR) is 315 cm³/mol. The zero-order chi connectivity index (χ0) is 52.2. The average Bonchev–Trinajstić information content (AvgIpc) is 3.38. The molecule has 0 aromatic carbocycles. The van der Waals surface area contributed by atoms with Gasteiger partial charge in [0.1, 0.15) is 0 Å². The molecule has 0 aliphatic rings. The number of carbonyl (C=O) groups is 2. The summed E-state index contributed by atoms with van der Waals surface area (Å²) in [4.78, 5) is 24.6. The summed E-state index contributed by atoms with van der Waals surface area (Å²) in [7, 11) is 0. The third kappa shape index (κ3) is 57.9. The Morgan fingerprint density at radius 3 is 0.986 bits per heavy atom. The van der Waals surface area contributed by atoms with E-state index in [1.54, 1.807) is 0 Å². The number of nitrogens with one attached hydrogen (secondary N) is 1. The van der Waals surface area contributed by atoms with Gasteiger partial charge in [-0.3, -0.25) is 9.59 Å². The van der Waals surface area contributed by atoms with E-state index in [9.17, 15) is 19.8 Å². The van der Waals surface area contributed by atoms with Crippen LogP contribution in [0.4, 0.5) is 0 Å². The van der Waals surface area contributed by atoms with Crippen LogP contribution in [0.15, 0.2) is 12.2 Å². The molecule has 0 bridgehead atoms. The van der Waals surface area contributed by atoms with Crippen molar-refractivity contribution in [2.45, 2.75) is 386 Å². The number of ether oxygens (including phenoxy) is 1. The quantitative estimate of drug-likeness (QED) is 0.0320. The molecule has 0 saturated carbocycles. The molecule has 0 aliphatic carbocycles. The number of amides is 1. The number of hydrogen-bond donors (Lipinski definition) is 3. The van der Waals surface area contributed by atoms with Gasteiger partial charge in [-0.25, -0.2) is 0 Å². The number of unbranched alkanes of at least 4 members (excludes halogenated alkanes) is 49. The Balaban J connectivity index is 3.37. The third-order valence-electron chi connectivity index (χ3n) is 15.6. The molecule has 0 radical (unpaired) electrons. The lowest BCUT2D eigenvalue weighted by molar-refractivity contribution is -0.143. The SMILES string of the molecule is CCCCCCC/C=C\CCCCCCCC(=O)OCCCCCCCCCCCCCCCCCCCCCCCCCC(=O)NC(CO)C(O)CCCCCCCCCCCCCCCCCCCC. The van der Waals surface area contributed by atoms with Crippen molar-refractivity contribution in [1.29, 1.82) is 0 Å². The molecule has 0 spiro atoms. The Bertz CT molecular complexity index is 1080. The number of allylic oxidation sites excluding steroid dienone is 2. The van der Waals surface area contributed by atoms with Gasteiger partial charge >= 0.3 is 5.97 Å². The van der Waals surface area contributed by atoms with Crippen molar-refractivity contribution >= 4 is 11.9 Å². The third-order valence-corrected chi connectivity index (χ3v) is 15.6. The van der Waals surface area contributed by atoms with Gasteiger partial charge in [0.15, 0.2) is 0 Å². The smallest absolute Gasteiger partial charge is 0.305 e. The van der Waals surface area contributed by atoms with Crippen molar-refractivity contribution in [3.63, 3.8) is 0 Å². The van der Waals surface area contributed by atoms with Crippen LogP contribution in [0.1, 0.15) is 373 Å². The van der Waals surface area contributed by atoms with Gasteiger partial charge < -0.3 is 20.3 Å². The molecule has 2 unspecified atom stereocenters. The Morgan fingerprint density at radius 2 is 0.653 bits per heavy atom. The maximum atomic E-state index is 12.5. The highest BCUT2D eigenvalue weighted by Gasteiger charge is 2.20. The molecule has 0 aromatic heterocycles. The topological polar surface area (TPSA) is 95.9 Å². The van der Waals surface area contributed by atoms with Crippen molar-refractivity contribution in [3.05, 3.63) is 12.2 Å². The minimum atomic E-state index is -0.664. The van der Waals surface area contributed by atoms with E-state index in [1.165, 1.54) is 295 Å². The second kappa shape index (κ2) is 62.1. The summed E-state index contributed by atoms with van der Waals surface area (Å²) in [5.74, 6) is -0.0239. The predicted octanol–water partition coefficient (Wildman–Crippen LogP) is 20.8. The van der Waals surface area contributed by atoms with Crippen LogP contribution in [-0.4, -0.2) is 47.4 Å². The standard InChI is InChI=1S/C66H129NO5/c1-3-5-7-9-11-13-15-17-19-20-28-31-34-38-42-46-50-54-58-64(69)63(62-68)67-65(70)59-55-51-47-43-39-35-32-29-26-24-22-21-23-25-27-30-33-37-41-45-49-53-57-61-72-66(71)60-56-52-48-44-40-36-18-16-14-12-10-8-6-4-2/h16,18,63-64,68-69H,3-15,17,19-62H2,1-2H3,(H,67,70)/b18-16-. The molecule has 0 fully saturated rings. The molecule has 0 heterocycles. The Hall–Kier alpha value is -1.40. The zero-order valence-corrected chi connectivity index (χ0v) is 48.9. The van der Waals surface area contributed by atoms with Crippen LogP contribution in [-0.2, 0) is 14.3 Å². The van der Waals surface area contributed by atoms with Crippen molar-refractivity contribution in [2.75, 3.05) is 13.2 Å². The highest BCUT2D eigenvalue weighted by Crippen LogP contribution is 2.19. The number of hydrogen-bond acceptors (Lipinski definition) is 5. The van der Waals surface area contributed by atoms with Gasteiger partial charge in [0.05, 0.1) is 25.4 Å². The van der Waals surface area contributed by atoms with Crippen molar-refractivity contribution in [1.82, 2.24) is 5.32 Å². The molecule has 6 nitrogen and oxygen atoms in total. The average molecular weight is 1020 g/mol. The number of esters is 1. The second-order valence-corrected chi connectivity index (χ2v) is 22.8. The summed E-state index contributed by atoms with van der Waals surface area (Å²) in [5.41, 5.74) is 0. The summed E-state index contributed by atoms with van der Waals surface area (Å²) >= 11 is 0. The highest BCUT2D eigenvalue weighted by molar-refractivity contribution is 5.76. The van der Waals surface area contributed by atoms with E-state index in [-0.39, 0.29) is 18.5 Å². The Kier molecular flexibility index (Phi) is 60.9. The van der Waals surface area contributed by atoms with Crippen LogP contribution in [0, 0.1) is 0 Å². The lowest BCUT2D eigenvalue weighted by atomic mass is 10.0. The molecule has 428 valence electrons. The van der Waals surface area contributed by atoms with Crippen LogP contribution >= 0.6 is 0 Å². The van der Waals surface area contributed by atoms with Gasteiger partial charge in [-0.05, 0) is 51.4 Å². The minimum Gasteiger partial charge on any atom is -0.466 e. The number of aliphatic hydroxyl groups is 2. The normalized spacial score (nSPS) is 12.6. The summed E-state index contributed by atoms with van der Waals surface area (Å²) in [6, 6.07) is -0.541. The fourth-order valence-electron chi connectivity index (χ4n) is 10.5. The highest BCUT2D eigenvalue weighted by atomic mass is 16.5. The number of aliphatic hydroxyl groups excluding tert-OH is 2. The van der Waals surface area contributed by atoms with Gasteiger partial charge in [-0.2, -0.15) is 0 Å². The first-order valence-corrected chi connectivity index (χ1v) is 32.9. The Labute approximate surface area is 450 Å². The molecule has 0 aliphatic heterocycles. The van der Waals surface area contributed by atoms with E-state index < -0.39 is 12.1 Å². The molecular weight excluding hydrogens is 887 g/mol. The van der Waals surface area contributed by atoms with Crippen molar-refractivity contribution in [3.8, 4) is 0 Å². The van der Waals surface area contributed by atoms with Crippen LogP contribution in [0.5, 0.6) is 0 Å². The van der Waals surface area contributed by atoms with Crippen molar-refractivity contribution in [2.24, 2.45) is 0 Å². The van der Waals surface area contributed by atoms with Gasteiger partial charge in [0.25, 0.3) is 0 Å². The molecule has 1 amide bonds. The molecule has 0 saturated heterocycles. The van der Waals surface area contributed by atoms with Crippen LogP contribution in [0.25, 0.3) is 0 Å². The van der Waals surface area contributed by atoms with Gasteiger partial charge in [0, 0.05) is 12.8 Å². The van der Waals surface area contributed by atoms with Gasteiger partial charge in [-0.1, -0.05) is 321 Å². The zero-order valence-electron chi connectivity index (χ0n) is 48.9. The lowest BCUT2D eigenvalue weighted by Gasteiger charge is -2.22. The van der Waals surface area contributed by atoms with Gasteiger partial charge in [0.2, 0.25) is 5.91 Å². The minimum absolute atomic E-state index is 0.00678. The first-order valence-electron chi connectivity index (χ1n) is 32.9. The summed E-state index contributed by atoms with van der Waals surface area (Å²) < 4.78 is 5.48. The molecule has 0 aromatic rings.